The van der Waals surface area contributed by atoms with Crippen molar-refractivity contribution in [3.63, 3.8) is 0 Å². The highest BCUT2D eigenvalue weighted by atomic mass is 16.5. The van der Waals surface area contributed by atoms with E-state index in [1.165, 1.54) is 5.56 Å². The molecule has 2 atom stereocenters. The molecule has 1 fully saturated rings. The molecule has 88 valence electrons. The molecule has 0 aromatic heterocycles. The fourth-order valence-corrected chi connectivity index (χ4v) is 1.97. The lowest BCUT2D eigenvalue weighted by molar-refractivity contribution is 0.0159. The number of rotatable bonds is 2. The Morgan fingerprint density at radius 1 is 1.38 bits per heavy atom. The summed E-state index contributed by atoms with van der Waals surface area (Å²) in [7, 11) is 0. The number of hydrogen-bond donors (Lipinski definition) is 2. The highest BCUT2D eigenvalue weighted by molar-refractivity contribution is 5.38. The van der Waals surface area contributed by atoms with Gasteiger partial charge in [-0.05, 0) is 44.0 Å². The largest absolute Gasteiger partial charge is 0.487 e. The Morgan fingerprint density at radius 2 is 2.19 bits per heavy atom. The molecule has 2 N–H and O–H groups in total. The van der Waals surface area contributed by atoms with Gasteiger partial charge in [-0.2, -0.15) is 0 Å². The van der Waals surface area contributed by atoms with Gasteiger partial charge in [-0.25, -0.2) is 0 Å². The van der Waals surface area contributed by atoms with Gasteiger partial charge in [0.05, 0.1) is 0 Å². The first-order valence-corrected chi connectivity index (χ1v) is 5.80. The first-order chi connectivity index (χ1) is 7.68. The predicted octanol–water partition coefficient (Wildman–Crippen LogP) is 1.41. The molecule has 1 aliphatic heterocycles. The van der Waals surface area contributed by atoms with Crippen molar-refractivity contribution in [2.45, 2.75) is 32.5 Å². The van der Waals surface area contributed by atoms with Crippen molar-refractivity contribution in [1.29, 1.82) is 0 Å². The molecule has 0 aliphatic carbocycles. The van der Waals surface area contributed by atoms with Gasteiger partial charge in [0.2, 0.25) is 0 Å². The minimum absolute atomic E-state index is 0.0817. The van der Waals surface area contributed by atoms with E-state index in [1.807, 2.05) is 12.1 Å². The van der Waals surface area contributed by atoms with Crippen molar-refractivity contribution in [2.75, 3.05) is 13.1 Å². The fourth-order valence-electron chi connectivity index (χ4n) is 1.97. The summed E-state index contributed by atoms with van der Waals surface area (Å²) in [6.07, 6.45) is 0.365. The third-order valence-electron chi connectivity index (χ3n) is 3.22. The third-order valence-corrected chi connectivity index (χ3v) is 3.22. The Bertz CT molecular complexity index is 365. The van der Waals surface area contributed by atoms with E-state index in [4.69, 9.17) is 4.74 Å². The van der Waals surface area contributed by atoms with E-state index in [1.54, 1.807) is 0 Å². The van der Waals surface area contributed by atoms with Crippen LogP contribution in [0.25, 0.3) is 0 Å². The molecule has 2 rings (SSSR count). The number of piperidine rings is 1. The zero-order valence-electron chi connectivity index (χ0n) is 9.86. The second-order valence-corrected chi connectivity index (χ2v) is 4.41. The van der Waals surface area contributed by atoms with Gasteiger partial charge >= 0.3 is 0 Å². The minimum atomic E-state index is -0.409. The van der Waals surface area contributed by atoms with Crippen molar-refractivity contribution in [2.24, 2.45) is 0 Å². The lowest BCUT2D eigenvalue weighted by Gasteiger charge is -2.29. The number of hydrogen-bond acceptors (Lipinski definition) is 3. The summed E-state index contributed by atoms with van der Waals surface area (Å²) >= 11 is 0. The van der Waals surface area contributed by atoms with Crippen LogP contribution in [0.4, 0.5) is 0 Å². The quantitative estimate of drug-likeness (QED) is 0.793. The topological polar surface area (TPSA) is 41.5 Å². The second-order valence-electron chi connectivity index (χ2n) is 4.41. The number of ether oxygens (including phenoxy) is 1. The molecule has 3 heteroatoms. The van der Waals surface area contributed by atoms with Crippen molar-refractivity contribution in [3.05, 3.63) is 29.3 Å². The summed E-state index contributed by atoms with van der Waals surface area (Å²) in [5.41, 5.74) is 2.38. The Morgan fingerprint density at radius 3 is 2.94 bits per heavy atom. The van der Waals surface area contributed by atoms with Gasteiger partial charge in [0.15, 0.2) is 0 Å². The average molecular weight is 221 g/mol. The molecular weight excluding hydrogens is 202 g/mol. The first kappa shape index (κ1) is 11.4. The molecule has 1 heterocycles. The van der Waals surface area contributed by atoms with Crippen LogP contribution in [0.3, 0.4) is 0 Å². The number of β-amino-alcohol motifs (C(OH)–C–C–N with tert-alkyl or cyclic N) is 1. The minimum Gasteiger partial charge on any atom is -0.487 e. The molecule has 3 nitrogen and oxygen atoms in total. The van der Waals surface area contributed by atoms with Crippen molar-refractivity contribution < 1.29 is 9.84 Å². The lowest BCUT2D eigenvalue weighted by atomic mass is 10.1. The molecule has 0 bridgehead atoms. The van der Waals surface area contributed by atoms with Crippen LogP contribution in [0.5, 0.6) is 5.75 Å². The van der Waals surface area contributed by atoms with Crippen LogP contribution in [0.15, 0.2) is 18.2 Å². The van der Waals surface area contributed by atoms with Crippen molar-refractivity contribution in [1.82, 2.24) is 5.32 Å². The van der Waals surface area contributed by atoms with E-state index in [0.717, 1.165) is 24.3 Å². The van der Waals surface area contributed by atoms with Crippen molar-refractivity contribution >= 4 is 0 Å². The molecule has 16 heavy (non-hydrogen) atoms. The van der Waals surface area contributed by atoms with E-state index >= 15 is 0 Å². The summed E-state index contributed by atoms with van der Waals surface area (Å²) in [4.78, 5) is 0. The number of aliphatic hydroxyl groups is 1. The van der Waals surface area contributed by atoms with Gasteiger partial charge in [-0.15, -0.1) is 0 Å². The standard InChI is InChI=1S/C13H19NO2/c1-9-4-3-5-12(10(9)2)16-13-6-7-14-8-11(13)15/h3-5,11,13-15H,6-8H2,1-2H3/t11-,13?/m0/s1. The van der Waals surface area contributed by atoms with Crippen LogP contribution in [0.2, 0.25) is 0 Å². The van der Waals surface area contributed by atoms with E-state index in [2.05, 4.69) is 25.2 Å². The molecule has 1 aromatic rings. The van der Waals surface area contributed by atoms with Crippen LogP contribution in [-0.4, -0.2) is 30.4 Å². The SMILES string of the molecule is Cc1cccc(OC2CCNC[C@@H]2O)c1C. The molecule has 1 saturated heterocycles. The van der Waals surface area contributed by atoms with Gasteiger partial charge in [-0.3, -0.25) is 0 Å². The zero-order chi connectivity index (χ0) is 11.5. The molecule has 0 amide bonds. The van der Waals surface area contributed by atoms with Crippen LogP contribution in [0.1, 0.15) is 17.5 Å². The highest BCUT2D eigenvalue weighted by Gasteiger charge is 2.24. The molecule has 1 unspecified atom stereocenters. The molecule has 1 aromatic carbocycles. The molecule has 1 aliphatic rings. The predicted molar refractivity (Wildman–Crippen MR) is 63.8 cm³/mol. The average Bonchev–Trinajstić information content (AvgIpc) is 2.28. The Kier molecular flexibility index (Phi) is 3.46. The van der Waals surface area contributed by atoms with Gasteiger partial charge < -0.3 is 15.2 Å². The molecular formula is C13H19NO2. The Balaban J connectivity index is 2.10. The van der Waals surface area contributed by atoms with Gasteiger partial charge in [-0.1, -0.05) is 12.1 Å². The molecule has 0 radical (unpaired) electrons. The highest BCUT2D eigenvalue weighted by Crippen LogP contribution is 2.23. The lowest BCUT2D eigenvalue weighted by Crippen LogP contribution is -2.46. The first-order valence-electron chi connectivity index (χ1n) is 5.80. The summed E-state index contributed by atoms with van der Waals surface area (Å²) in [6, 6.07) is 6.03. The fraction of sp³-hybridized carbons (Fsp3) is 0.538. The van der Waals surface area contributed by atoms with E-state index in [0.29, 0.717) is 6.54 Å². The Labute approximate surface area is 96.4 Å². The van der Waals surface area contributed by atoms with Crippen molar-refractivity contribution in [3.8, 4) is 5.75 Å². The van der Waals surface area contributed by atoms with E-state index in [-0.39, 0.29) is 6.10 Å². The normalized spacial score (nSPS) is 25.4. The second kappa shape index (κ2) is 4.85. The number of nitrogens with one attached hydrogen (secondary N) is 1. The number of benzene rings is 1. The summed E-state index contributed by atoms with van der Waals surface area (Å²) < 4.78 is 5.89. The van der Waals surface area contributed by atoms with Crippen LogP contribution in [0, 0.1) is 13.8 Å². The van der Waals surface area contributed by atoms with Gasteiger partial charge in [0, 0.05) is 6.54 Å². The summed E-state index contributed by atoms with van der Waals surface area (Å²) in [5, 5.41) is 12.9. The maximum atomic E-state index is 9.80. The number of aliphatic hydroxyl groups excluding tert-OH is 1. The maximum Gasteiger partial charge on any atom is 0.127 e. The zero-order valence-corrected chi connectivity index (χ0v) is 9.86. The molecule has 0 spiro atoms. The summed E-state index contributed by atoms with van der Waals surface area (Å²) in [5.74, 6) is 0.894. The Hall–Kier alpha value is -1.06. The number of aryl methyl sites for hydroxylation is 1. The van der Waals surface area contributed by atoms with Crippen LogP contribution >= 0.6 is 0 Å². The van der Waals surface area contributed by atoms with Crippen LogP contribution < -0.4 is 10.1 Å². The molecule has 0 saturated carbocycles. The maximum absolute atomic E-state index is 9.80. The van der Waals surface area contributed by atoms with E-state index < -0.39 is 6.10 Å². The third kappa shape index (κ3) is 2.36. The van der Waals surface area contributed by atoms with Gasteiger partial charge in [0.1, 0.15) is 18.0 Å². The van der Waals surface area contributed by atoms with Gasteiger partial charge in [0.25, 0.3) is 0 Å². The van der Waals surface area contributed by atoms with Crippen LogP contribution in [-0.2, 0) is 0 Å². The smallest absolute Gasteiger partial charge is 0.127 e. The monoisotopic (exact) mass is 221 g/mol. The van der Waals surface area contributed by atoms with E-state index in [9.17, 15) is 5.11 Å². The summed E-state index contributed by atoms with van der Waals surface area (Å²) in [6.45, 7) is 5.65.